The summed E-state index contributed by atoms with van der Waals surface area (Å²) in [6.07, 6.45) is 1.31. The molecule has 1 saturated heterocycles. The molecule has 7 heteroatoms. The highest BCUT2D eigenvalue weighted by Crippen LogP contribution is 2.39. The van der Waals surface area contributed by atoms with Gasteiger partial charge in [-0.2, -0.15) is 0 Å². The summed E-state index contributed by atoms with van der Waals surface area (Å²) in [4.78, 5) is 25.9. The molecule has 0 bridgehead atoms. The maximum Gasteiger partial charge on any atom is 0.338 e. The van der Waals surface area contributed by atoms with Crippen LogP contribution in [0.5, 0.6) is 0 Å². The van der Waals surface area contributed by atoms with E-state index in [-0.39, 0.29) is 31.2 Å². The Morgan fingerprint density at radius 2 is 2.29 bits per heavy atom. The van der Waals surface area contributed by atoms with Gasteiger partial charge in [-0.15, -0.1) is 0 Å². The van der Waals surface area contributed by atoms with Gasteiger partial charge in [0.25, 0.3) is 6.71 Å². The molecule has 1 aromatic rings. The topological polar surface area (TPSA) is 82.4 Å². The van der Waals surface area contributed by atoms with Crippen LogP contribution in [0.4, 0.5) is 11.4 Å². The van der Waals surface area contributed by atoms with Crippen molar-refractivity contribution in [1.82, 2.24) is 0 Å². The fraction of sp³-hybridized carbons (Fsp3) is 0.357. The maximum atomic E-state index is 12.3. The minimum atomic E-state index is -0.340. The second kappa shape index (κ2) is 4.25. The van der Waals surface area contributed by atoms with Gasteiger partial charge < -0.3 is 15.0 Å². The zero-order valence-corrected chi connectivity index (χ0v) is 11.3. The third-order valence-electron chi connectivity index (χ3n) is 4.46. The summed E-state index contributed by atoms with van der Waals surface area (Å²) in [6.45, 7) is 0.893. The first-order chi connectivity index (χ1) is 10.2. The molecule has 0 saturated carbocycles. The van der Waals surface area contributed by atoms with Crippen molar-refractivity contribution >= 4 is 30.0 Å². The van der Waals surface area contributed by atoms with Crippen LogP contribution < -0.4 is 10.2 Å². The number of carbonyl (C=O) groups excluding carboxylic acids is 2. The van der Waals surface area contributed by atoms with E-state index in [9.17, 15) is 9.59 Å². The lowest BCUT2D eigenvalue weighted by atomic mass is 9.43. The van der Waals surface area contributed by atoms with E-state index in [2.05, 4.69) is 11.3 Å². The van der Waals surface area contributed by atoms with Crippen LogP contribution in [0.2, 0.25) is 12.6 Å². The molecule has 1 unspecified atom stereocenters. The van der Waals surface area contributed by atoms with Crippen LogP contribution in [-0.2, 0) is 16.1 Å². The predicted molar refractivity (Wildman–Crippen MR) is 76.3 cm³/mol. The molecule has 1 N–H and O–H groups in total. The van der Waals surface area contributed by atoms with Gasteiger partial charge in [0, 0.05) is 18.1 Å². The molecule has 104 valence electrons. The zero-order valence-electron chi connectivity index (χ0n) is 11.3. The average molecular weight is 281 g/mol. The number of carbonyl (C=O) groups is 2. The number of hydrogen-bond acceptors (Lipinski definition) is 5. The molecule has 1 aromatic carbocycles. The number of rotatable bonds is 0. The Morgan fingerprint density at radius 3 is 3.10 bits per heavy atom. The highest BCUT2D eigenvalue weighted by atomic mass is 16.5. The Hall–Kier alpha value is -2.49. The van der Waals surface area contributed by atoms with Gasteiger partial charge in [-0.1, -0.05) is 0 Å². The van der Waals surface area contributed by atoms with E-state index in [0.29, 0.717) is 24.1 Å². The van der Waals surface area contributed by atoms with Crippen molar-refractivity contribution in [2.75, 3.05) is 16.8 Å². The molecular weight excluding hydrogens is 269 g/mol. The van der Waals surface area contributed by atoms with Gasteiger partial charge in [0.15, 0.2) is 0 Å². The van der Waals surface area contributed by atoms with Gasteiger partial charge in [-0.25, -0.2) is 10.1 Å². The van der Waals surface area contributed by atoms with Crippen molar-refractivity contribution in [3.8, 4) is 5.97 Å². The van der Waals surface area contributed by atoms with E-state index < -0.39 is 0 Å². The minimum Gasteiger partial charge on any atom is -0.457 e. The van der Waals surface area contributed by atoms with Crippen molar-refractivity contribution in [2.24, 2.45) is 0 Å². The maximum absolute atomic E-state index is 12.3. The summed E-state index contributed by atoms with van der Waals surface area (Å²) in [7, 11) is 0. The van der Waals surface area contributed by atoms with Crippen LogP contribution in [0.25, 0.3) is 0 Å². The van der Waals surface area contributed by atoms with E-state index in [1.165, 1.54) is 0 Å². The minimum absolute atomic E-state index is 0.0714. The van der Waals surface area contributed by atoms with Crippen LogP contribution >= 0.6 is 0 Å². The Morgan fingerprint density at radius 1 is 1.43 bits per heavy atom. The first kappa shape index (κ1) is 12.3. The van der Waals surface area contributed by atoms with Crippen molar-refractivity contribution in [1.29, 1.82) is 5.26 Å². The largest absolute Gasteiger partial charge is 0.457 e. The van der Waals surface area contributed by atoms with Gasteiger partial charge >= 0.3 is 5.97 Å². The number of ether oxygens (including phenoxy) is 1. The molecule has 3 aliphatic heterocycles. The van der Waals surface area contributed by atoms with Crippen LogP contribution in [0.1, 0.15) is 15.9 Å². The third kappa shape index (κ3) is 1.72. The zero-order chi connectivity index (χ0) is 14.6. The number of benzene rings is 1. The van der Waals surface area contributed by atoms with Gasteiger partial charge in [-0.3, -0.25) is 4.79 Å². The molecule has 4 rings (SSSR count). The van der Waals surface area contributed by atoms with Crippen LogP contribution in [0.3, 0.4) is 0 Å². The Kier molecular flexibility index (Phi) is 2.48. The number of anilines is 2. The molecular formula is C14H12BN3O3. The van der Waals surface area contributed by atoms with Crippen molar-refractivity contribution < 1.29 is 14.3 Å². The molecule has 21 heavy (non-hydrogen) atoms. The molecule has 0 spiro atoms. The quantitative estimate of drug-likeness (QED) is 0.568. The number of esters is 1. The normalized spacial score (nSPS) is 22.7. The molecule has 0 aromatic heterocycles. The second-order valence-corrected chi connectivity index (χ2v) is 5.65. The van der Waals surface area contributed by atoms with E-state index in [1.54, 1.807) is 6.07 Å². The number of fused-ring (bicyclic) bond motifs is 4. The SMILES string of the molecule is N#CB1CCN2c3cc4c(cc3NC(=O)C2C1)C(=O)OC4. The molecule has 1 amide bonds. The predicted octanol–water partition coefficient (Wildman–Crippen LogP) is 1.06. The highest BCUT2D eigenvalue weighted by molar-refractivity contribution is 6.67. The molecule has 1 atom stereocenters. The highest BCUT2D eigenvalue weighted by Gasteiger charge is 2.40. The van der Waals surface area contributed by atoms with Gasteiger partial charge in [0.1, 0.15) is 12.6 Å². The number of cyclic esters (lactones) is 1. The number of nitriles is 1. The van der Waals surface area contributed by atoms with E-state index in [4.69, 9.17) is 10.00 Å². The fourth-order valence-corrected chi connectivity index (χ4v) is 3.34. The summed E-state index contributed by atoms with van der Waals surface area (Å²) in [5, 5.41) is 11.9. The Balaban J connectivity index is 1.77. The lowest BCUT2D eigenvalue weighted by Gasteiger charge is -2.41. The standard InChI is InChI=1S/C14H12BN3O3/c16-7-15-1-2-18-11-3-8-6-21-14(20)9(8)4-10(11)17-13(19)12(18)5-15/h3-4,12H,1-2,5-6H2,(H,17,19). The Labute approximate surface area is 121 Å². The molecule has 0 radical (unpaired) electrons. The number of nitrogens with one attached hydrogen (secondary N) is 1. The lowest BCUT2D eigenvalue weighted by Crippen LogP contribution is -2.53. The van der Waals surface area contributed by atoms with Gasteiger partial charge in [0.2, 0.25) is 5.91 Å². The summed E-state index contributed by atoms with van der Waals surface area (Å²) in [5.41, 5.74) is 2.97. The van der Waals surface area contributed by atoms with Crippen molar-refractivity contribution in [3.63, 3.8) is 0 Å². The third-order valence-corrected chi connectivity index (χ3v) is 4.46. The smallest absolute Gasteiger partial charge is 0.338 e. The van der Waals surface area contributed by atoms with Gasteiger partial charge in [0.05, 0.1) is 16.9 Å². The summed E-state index contributed by atoms with van der Waals surface area (Å²) < 4.78 is 5.03. The van der Waals surface area contributed by atoms with Gasteiger partial charge in [-0.05, 0) is 24.8 Å². The Bertz CT molecular complexity index is 712. The van der Waals surface area contributed by atoms with Crippen molar-refractivity contribution in [3.05, 3.63) is 23.3 Å². The molecule has 0 aliphatic carbocycles. The van der Waals surface area contributed by atoms with Crippen LogP contribution in [0.15, 0.2) is 12.1 Å². The first-order valence-corrected chi connectivity index (χ1v) is 6.98. The number of hydrogen-bond donors (Lipinski definition) is 1. The summed E-state index contributed by atoms with van der Waals surface area (Å²) in [6, 6.07) is 3.33. The molecule has 3 heterocycles. The van der Waals surface area contributed by atoms with Crippen molar-refractivity contribution in [2.45, 2.75) is 25.3 Å². The number of nitrogens with zero attached hydrogens (tertiary/aromatic N) is 2. The van der Waals surface area contributed by atoms with Crippen LogP contribution in [-0.4, -0.2) is 31.2 Å². The first-order valence-electron chi connectivity index (χ1n) is 6.98. The molecule has 1 fully saturated rings. The van der Waals surface area contributed by atoms with E-state index >= 15 is 0 Å². The van der Waals surface area contributed by atoms with E-state index in [0.717, 1.165) is 17.6 Å². The molecule has 3 aliphatic rings. The van der Waals surface area contributed by atoms with Crippen LogP contribution in [0, 0.1) is 11.2 Å². The molecule has 6 nitrogen and oxygen atoms in total. The second-order valence-electron chi connectivity index (χ2n) is 5.65. The average Bonchev–Trinajstić information content (AvgIpc) is 2.86. The summed E-state index contributed by atoms with van der Waals surface area (Å²) in [5.74, 6) is 1.81. The van der Waals surface area contributed by atoms with E-state index in [1.807, 2.05) is 11.0 Å². The number of amides is 1. The summed E-state index contributed by atoms with van der Waals surface area (Å²) >= 11 is 0. The lowest BCUT2D eigenvalue weighted by molar-refractivity contribution is -0.117. The monoisotopic (exact) mass is 281 g/mol. The fourth-order valence-electron chi connectivity index (χ4n) is 3.34.